The lowest BCUT2D eigenvalue weighted by atomic mass is 10.3. The van der Waals surface area contributed by atoms with Crippen LogP contribution in [0.5, 0.6) is 0 Å². The number of rotatable bonds is 1. The van der Waals surface area contributed by atoms with Gasteiger partial charge in [0.05, 0.1) is 24.2 Å². The molecule has 0 aliphatic rings. The Bertz CT molecular complexity index is 239. The number of nitrogens with zero attached hydrogens (tertiary/aromatic N) is 1. The van der Waals surface area contributed by atoms with Crippen LogP contribution in [0, 0.1) is 5.82 Å². The number of hydrogen-bond acceptors (Lipinski definition) is 3. The monoisotopic (exact) mass is 142 g/mol. The zero-order valence-electron chi connectivity index (χ0n) is 5.21. The highest BCUT2D eigenvalue weighted by molar-refractivity contribution is 5.41. The van der Waals surface area contributed by atoms with Crippen LogP contribution >= 0.6 is 0 Å². The van der Waals surface area contributed by atoms with Crippen molar-refractivity contribution in [3.8, 4) is 0 Å². The van der Waals surface area contributed by atoms with Crippen LogP contribution in [0.4, 0.5) is 10.1 Å². The van der Waals surface area contributed by atoms with E-state index < -0.39 is 5.82 Å². The Morgan fingerprint density at radius 1 is 1.70 bits per heavy atom. The fourth-order valence-electron chi connectivity index (χ4n) is 0.615. The quantitative estimate of drug-likeness (QED) is 0.592. The molecule has 4 heteroatoms. The lowest BCUT2D eigenvalue weighted by molar-refractivity contribution is 0.277. The van der Waals surface area contributed by atoms with E-state index in [1.54, 1.807) is 0 Å². The molecule has 0 atom stereocenters. The first-order chi connectivity index (χ1) is 4.74. The normalized spacial score (nSPS) is 9.80. The molecule has 3 N–H and O–H groups in total. The molecule has 3 nitrogen and oxygen atoms in total. The maximum atomic E-state index is 12.3. The van der Waals surface area contributed by atoms with Crippen molar-refractivity contribution in [2.75, 3.05) is 5.73 Å². The number of halogens is 1. The van der Waals surface area contributed by atoms with Crippen molar-refractivity contribution in [3.05, 3.63) is 23.8 Å². The van der Waals surface area contributed by atoms with Gasteiger partial charge < -0.3 is 10.8 Å². The van der Waals surface area contributed by atoms with E-state index in [4.69, 9.17) is 10.8 Å². The van der Waals surface area contributed by atoms with E-state index in [-0.39, 0.29) is 12.3 Å². The van der Waals surface area contributed by atoms with Gasteiger partial charge in [-0.2, -0.15) is 0 Å². The number of aromatic nitrogens is 1. The minimum atomic E-state index is -0.491. The summed E-state index contributed by atoms with van der Waals surface area (Å²) in [4.78, 5) is 3.55. The van der Waals surface area contributed by atoms with E-state index in [1.165, 1.54) is 0 Å². The van der Waals surface area contributed by atoms with Crippen molar-refractivity contribution in [2.24, 2.45) is 0 Å². The Morgan fingerprint density at radius 2 is 2.40 bits per heavy atom. The second-order valence-electron chi connectivity index (χ2n) is 1.85. The van der Waals surface area contributed by atoms with Crippen molar-refractivity contribution < 1.29 is 9.50 Å². The Hall–Kier alpha value is -1.16. The first kappa shape index (κ1) is 6.95. The molecule has 0 saturated heterocycles. The van der Waals surface area contributed by atoms with E-state index in [0.717, 1.165) is 12.3 Å². The molecule has 0 amide bonds. The van der Waals surface area contributed by atoms with Crippen LogP contribution < -0.4 is 5.73 Å². The number of nitrogen functional groups attached to an aromatic ring is 1. The van der Waals surface area contributed by atoms with Gasteiger partial charge in [-0.15, -0.1) is 0 Å². The van der Waals surface area contributed by atoms with Crippen LogP contribution in [0.2, 0.25) is 0 Å². The number of anilines is 1. The van der Waals surface area contributed by atoms with Crippen LogP contribution in [0.3, 0.4) is 0 Å². The summed E-state index contributed by atoms with van der Waals surface area (Å²) < 4.78 is 12.3. The van der Waals surface area contributed by atoms with E-state index in [9.17, 15) is 4.39 Å². The molecular weight excluding hydrogens is 135 g/mol. The van der Waals surface area contributed by atoms with E-state index in [0.29, 0.717) is 5.69 Å². The molecule has 0 fully saturated rings. The van der Waals surface area contributed by atoms with Gasteiger partial charge >= 0.3 is 0 Å². The van der Waals surface area contributed by atoms with Gasteiger partial charge in [-0.25, -0.2) is 4.39 Å². The molecule has 54 valence electrons. The van der Waals surface area contributed by atoms with E-state index in [2.05, 4.69) is 4.98 Å². The van der Waals surface area contributed by atoms with Gasteiger partial charge in [-0.05, 0) is 0 Å². The predicted molar refractivity (Wildman–Crippen MR) is 34.5 cm³/mol. The average Bonchev–Trinajstić information content (AvgIpc) is 1.88. The SMILES string of the molecule is Nc1cc(F)cnc1CO. The second-order valence-corrected chi connectivity index (χ2v) is 1.85. The standard InChI is InChI=1S/C6H7FN2O/c7-4-1-5(8)6(3-10)9-2-4/h1-2,10H,3,8H2. The van der Waals surface area contributed by atoms with Crippen molar-refractivity contribution in [1.29, 1.82) is 0 Å². The Kier molecular flexibility index (Phi) is 1.82. The largest absolute Gasteiger partial charge is 0.397 e. The van der Waals surface area contributed by atoms with E-state index in [1.807, 2.05) is 0 Å². The molecule has 0 radical (unpaired) electrons. The van der Waals surface area contributed by atoms with Crippen LogP contribution in [0.1, 0.15) is 5.69 Å². The van der Waals surface area contributed by atoms with Crippen LogP contribution in [-0.2, 0) is 6.61 Å². The summed E-state index contributed by atoms with van der Waals surface area (Å²) in [6.45, 7) is -0.258. The van der Waals surface area contributed by atoms with Crippen molar-refractivity contribution in [3.63, 3.8) is 0 Å². The fourth-order valence-corrected chi connectivity index (χ4v) is 0.615. The third kappa shape index (κ3) is 1.22. The molecule has 0 spiro atoms. The number of hydrogen-bond donors (Lipinski definition) is 2. The van der Waals surface area contributed by atoms with Gasteiger partial charge in [0, 0.05) is 6.07 Å². The zero-order valence-corrected chi connectivity index (χ0v) is 5.21. The second kappa shape index (κ2) is 2.62. The molecule has 1 aromatic rings. The smallest absolute Gasteiger partial charge is 0.143 e. The minimum absolute atomic E-state index is 0.183. The fraction of sp³-hybridized carbons (Fsp3) is 0.167. The molecule has 0 aliphatic heterocycles. The van der Waals surface area contributed by atoms with Crippen LogP contribution in [0.25, 0.3) is 0 Å². The maximum absolute atomic E-state index is 12.3. The van der Waals surface area contributed by atoms with Gasteiger partial charge in [0.1, 0.15) is 5.82 Å². The summed E-state index contributed by atoms with van der Waals surface area (Å²) in [5.74, 6) is -0.491. The number of nitrogens with two attached hydrogens (primary N) is 1. The number of pyridine rings is 1. The Labute approximate surface area is 57.3 Å². The van der Waals surface area contributed by atoms with Crippen molar-refractivity contribution >= 4 is 5.69 Å². The average molecular weight is 142 g/mol. The van der Waals surface area contributed by atoms with Crippen LogP contribution in [-0.4, -0.2) is 10.1 Å². The Morgan fingerprint density at radius 3 is 2.90 bits per heavy atom. The lowest BCUT2D eigenvalue weighted by Crippen LogP contribution is -1.97. The molecule has 0 aromatic carbocycles. The molecule has 1 heterocycles. The maximum Gasteiger partial charge on any atom is 0.143 e. The highest BCUT2D eigenvalue weighted by Crippen LogP contribution is 2.08. The molecule has 0 unspecified atom stereocenters. The lowest BCUT2D eigenvalue weighted by Gasteiger charge is -1.98. The van der Waals surface area contributed by atoms with Crippen molar-refractivity contribution in [2.45, 2.75) is 6.61 Å². The first-order valence-electron chi connectivity index (χ1n) is 2.75. The molecule has 0 bridgehead atoms. The first-order valence-corrected chi connectivity index (χ1v) is 2.75. The summed E-state index contributed by atoms with van der Waals surface area (Å²) in [5.41, 5.74) is 5.76. The molecule has 1 rings (SSSR count). The molecule has 0 aliphatic carbocycles. The summed E-state index contributed by atoms with van der Waals surface area (Å²) in [5, 5.41) is 8.54. The van der Waals surface area contributed by atoms with Crippen molar-refractivity contribution in [1.82, 2.24) is 4.98 Å². The minimum Gasteiger partial charge on any atom is -0.397 e. The highest BCUT2D eigenvalue weighted by atomic mass is 19.1. The van der Waals surface area contributed by atoms with Gasteiger partial charge in [0.15, 0.2) is 0 Å². The summed E-state index contributed by atoms with van der Waals surface area (Å²) in [7, 11) is 0. The molecule has 1 aromatic heterocycles. The van der Waals surface area contributed by atoms with Gasteiger partial charge in [0.25, 0.3) is 0 Å². The molecule has 10 heavy (non-hydrogen) atoms. The highest BCUT2D eigenvalue weighted by Gasteiger charge is 1.98. The third-order valence-corrected chi connectivity index (χ3v) is 1.12. The zero-order chi connectivity index (χ0) is 7.56. The summed E-state index contributed by atoms with van der Waals surface area (Å²) >= 11 is 0. The van der Waals surface area contributed by atoms with E-state index >= 15 is 0 Å². The number of aliphatic hydroxyl groups is 1. The predicted octanol–water partition coefficient (Wildman–Crippen LogP) is 0.295. The van der Waals surface area contributed by atoms with Crippen LogP contribution in [0.15, 0.2) is 12.3 Å². The molecule has 0 saturated carbocycles. The van der Waals surface area contributed by atoms with Gasteiger partial charge in [-0.3, -0.25) is 4.98 Å². The topological polar surface area (TPSA) is 59.1 Å². The number of aliphatic hydroxyl groups excluding tert-OH is 1. The molecular formula is C6H7FN2O. The summed E-state index contributed by atoms with van der Waals surface area (Å²) in [6, 6.07) is 1.12. The van der Waals surface area contributed by atoms with Gasteiger partial charge in [0.2, 0.25) is 0 Å². The summed E-state index contributed by atoms with van der Waals surface area (Å²) in [6.07, 6.45) is 1.02. The Balaban J connectivity index is 3.07. The third-order valence-electron chi connectivity index (χ3n) is 1.12. The van der Waals surface area contributed by atoms with Gasteiger partial charge in [-0.1, -0.05) is 0 Å².